The predicted octanol–water partition coefficient (Wildman–Crippen LogP) is 1.73. The van der Waals surface area contributed by atoms with E-state index in [1.165, 1.54) is 5.69 Å². The summed E-state index contributed by atoms with van der Waals surface area (Å²) in [6.07, 6.45) is 3.74. The molecule has 4 heteroatoms. The third-order valence-corrected chi connectivity index (χ3v) is 3.18. The average molecular weight is 217 g/mol. The van der Waals surface area contributed by atoms with E-state index in [0.717, 1.165) is 36.7 Å². The number of rotatable bonds is 1. The summed E-state index contributed by atoms with van der Waals surface area (Å²) in [5.74, 6) is 1.73. The molecule has 0 aromatic carbocycles. The fourth-order valence-corrected chi connectivity index (χ4v) is 2.36. The highest BCUT2D eigenvalue weighted by atomic mass is 16.3. The van der Waals surface area contributed by atoms with Crippen molar-refractivity contribution in [3.63, 3.8) is 0 Å². The fraction of sp³-hybridized carbons (Fsp3) is 0.417. The van der Waals surface area contributed by atoms with E-state index in [1.54, 1.807) is 6.26 Å². The lowest BCUT2D eigenvalue weighted by atomic mass is 10.0. The first kappa shape index (κ1) is 9.66. The van der Waals surface area contributed by atoms with Crippen molar-refractivity contribution in [2.75, 3.05) is 0 Å². The van der Waals surface area contributed by atoms with E-state index in [1.807, 2.05) is 12.1 Å². The van der Waals surface area contributed by atoms with Crippen molar-refractivity contribution in [3.05, 3.63) is 29.8 Å². The zero-order chi connectivity index (χ0) is 11.1. The summed E-state index contributed by atoms with van der Waals surface area (Å²) in [5, 5.41) is 0. The Hall–Kier alpha value is -1.55. The molecule has 0 bridgehead atoms. The van der Waals surface area contributed by atoms with Crippen molar-refractivity contribution in [2.24, 2.45) is 5.73 Å². The van der Waals surface area contributed by atoms with Crippen LogP contribution in [-0.2, 0) is 13.0 Å². The van der Waals surface area contributed by atoms with E-state index < -0.39 is 0 Å². The minimum absolute atomic E-state index is 0.231. The van der Waals surface area contributed by atoms with Crippen molar-refractivity contribution >= 4 is 0 Å². The van der Waals surface area contributed by atoms with Crippen LogP contribution in [0.5, 0.6) is 0 Å². The second kappa shape index (κ2) is 3.49. The molecule has 1 aliphatic rings. The Morgan fingerprint density at radius 3 is 3.19 bits per heavy atom. The van der Waals surface area contributed by atoms with E-state index in [4.69, 9.17) is 10.2 Å². The molecule has 0 saturated heterocycles. The van der Waals surface area contributed by atoms with E-state index in [0.29, 0.717) is 0 Å². The van der Waals surface area contributed by atoms with Gasteiger partial charge in [-0.2, -0.15) is 0 Å². The Morgan fingerprint density at radius 1 is 1.56 bits per heavy atom. The highest BCUT2D eigenvalue weighted by Crippen LogP contribution is 2.26. The highest BCUT2D eigenvalue weighted by molar-refractivity contribution is 5.49. The number of nitrogens with zero attached hydrogens (tertiary/aromatic N) is 2. The second-order valence-corrected chi connectivity index (χ2v) is 4.35. The van der Waals surface area contributed by atoms with E-state index in [-0.39, 0.29) is 6.04 Å². The van der Waals surface area contributed by atoms with Gasteiger partial charge in [0.15, 0.2) is 11.6 Å². The molecule has 2 aromatic heterocycles. The molecule has 0 aliphatic carbocycles. The van der Waals surface area contributed by atoms with Gasteiger partial charge in [-0.25, -0.2) is 4.98 Å². The summed E-state index contributed by atoms with van der Waals surface area (Å²) in [5.41, 5.74) is 8.40. The van der Waals surface area contributed by atoms with Gasteiger partial charge in [0, 0.05) is 18.3 Å². The van der Waals surface area contributed by atoms with Gasteiger partial charge in [-0.1, -0.05) is 0 Å². The number of fused-ring (bicyclic) bond motifs is 1. The second-order valence-electron chi connectivity index (χ2n) is 4.35. The molecule has 84 valence electrons. The molecule has 3 rings (SSSR count). The van der Waals surface area contributed by atoms with E-state index >= 15 is 0 Å². The molecule has 2 aromatic rings. The molecule has 1 aliphatic heterocycles. The Morgan fingerprint density at radius 2 is 2.44 bits per heavy atom. The Labute approximate surface area is 94.1 Å². The molecule has 2 N–H and O–H groups in total. The average Bonchev–Trinajstić information content (AvgIpc) is 2.86. The van der Waals surface area contributed by atoms with Crippen molar-refractivity contribution in [1.82, 2.24) is 9.55 Å². The topological polar surface area (TPSA) is 57.0 Å². The van der Waals surface area contributed by atoms with Crippen LogP contribution in [-0.4, -0.2) is 15.6 Å². The summed E-state index contributed by atoms with van der Waals surface area (Å²) in [4.78, 5) is 4.58. The van der Waals surface area contributed by atoms with Crippen LogP contribution in [0.25, 0.3) is 11.6 Å². The van der Waals surface area contributed by atoms with E-state index in [9.17, 15) is 0 Å². The summed E-state index contributed by atoms with van der Waals surface area (Å²) in [6.45, 7) is 2.89. The minimum atomic E-state index is 0.231. The summed E-state index contributed by atoms with van der Waals surface area (Å²) >= 11 is 0. The van der Waals surface area contributed by atoms with Crippen LogP contribution in [0.4, 0.5) is 0 Å². The van der Waals surface area contributed by atoms with Gasteiger partial charge < -0.3 is 14.7 Å². The number of aromatic nitrogens is 2. The number of hydrogen-bond acceptors (Lipinski definition) is 3. The number of hydrogen-bond donors (Lipinski definition) is 1. The standard InChI is InChI=1S/C12H15N3O/c1-8-10-5-4-9(13)7-15(10)12(14-8)11-3-2-6-16-11/h2-3,6,9H,4-5,7,13H2,1H3. The van der Waals surface area contributed by atoms with Crippen LogP contribution < -0.4 is 5.73 Å². The lowest BCUT2D eigenvalue weighted by molar-refractivity contribution is 0.457. The summed E-state index contributed by atoms with van der Waals surface area (Å²) < 4.78 is 7.61. The molecule has 0 fully saturated rings. The fourth-order valence-electron chi connectivity index (χ4n) is 2.36. The zero-order valence-corrected chi connectivity index (χ0v) is 9.31. The van der Waals surface area contributed by atoms with Crippen LogP contribution in [0.2, 0.25) is 0 Å². The van der Waals surface area contributed by atoms with Crippen molar-refractivity contribution in [2.45, 2.75) is 32.4 Å². The third kappa shape index (κ3) is 1.38. The number of nitrogens with two attached hydrogens (primary N) is 1. The Bertz CT molecular complexity index is 499. The largest absolute Gasteiger partial charge is 0.461 e. The van der Waals surface area contributed by atoms with Crippen molar-refractivity contribution < 1.29 is 4.42 Å². The normalized spacial score (nSPS) is 19.8. The molecule has 0 amide bonds. The molecule has 4 nitrogen and oxygen atoms in total. The molecule has 1 unspecified atom stereocenters. The molecular formula is C12H15N3O. The summed E-state index contributed by atoms with van der Waals surface area (Å²) in [7, 11) is 0. The van der Waals surface area contributed by atoms with Crippen molar-refractivity contribution in [3.8, 4) is 11.6 Å². The van der Waals surface area contributed by atoms with Gasteiger partial charge >= 0.3 is 0 Å². The minimum Gasteiger partial charge on any atom is -0.461 e. The van der Waals surface area contributed by atoms with Crippen LogP contribution in [0.3, 0.4) is 0 Å². The quantitative estimate of drug-likeness (QED) is 0.791. The third-order valence-electron chi connectivity index (χ3n) is 3.18. The van der Waals surface area contributed by atoms with Crippen LogP contribution in [0.1, 0.15) is 17.8 Å². The van der Waals surface area contributed by atoms with Gasteiger partial charge in [-0.05, 0) is 31.9 Å². The van der Waals surface area contributed by atoms with Gasteiger partial charge in [0.1, 0.15) is 0 Å². The number of furan rings is 1. The highest BCUT2D eigenvalue weighted by Gasteiger charge is 2.23. The summed E-state index contributed by atoms with van der Waals surface area (Å²) in [6, 6.07) is 4.05. The maximum absolute atomic E-state index is 6.00. The SMILES string of the molecule is Cc1nc(-c2ccco2)n2c1CCC(N)C2. The van der Waals surface area contributed by atoms with Gasteiger partial charge in [-0.15, -0.1) is 0 Å². The molecule has 0 radical (unpaired) electrons. The molecule has 0 saturated carbocycles. The Balaban J connectivity index is 2.13. The molecule has 16 heavy (non-hydrogen) atoms. The zero-order valence-electron chi connectivity index (χ0n) is 9.31. The molecule has 3 heterocycles. The number of imidazole rings is 1. The van der Waals surface area contributed by atoms with Crippen LogP contribution >= 0.6 is 0 Å². The smallest absolute Gasteiger partial charge is 0.176 e. The van der Waals surface area contributed by atoms with Crippen LogP contribution in [0, 0.1) is 6.92 Å². The maximum atomic E-state index is 6.00. The van der Waals surface area contributed by atoms with Gasteiger partial charge in [0.25, 0.3) is 0 Å². The molecule has 0 spiro atoms. The number of aryl methyl sites for hydroxylation is 1. The Kier molecular flexibility index (Phi) is 2.11. The molecular weight excluding hydrogens is 202 g/mol. The van der Waals surface area contributed by atoms with E-state index in [2.05, 4.69) is 16.5 Å². The first-order valence-electron chi connectivity index (χ1n) is 5.61. The van der Waals surface area contributed by atoms with Crippen LogP contribution in [0.15, 0.2) is 22.8 Å². The van der Waals surface area contributed by atoms with Crippen molar-refractivity contribution in [1.29, 1.82) is 0 Å². The monoisotopic (exact) mass is 217 g/mol. The molecule has 1 atom stereocenters. The lowest BCUT2D eigenvalue weighted by Gasteiger charge is -2.22. The van der Waals surface area contributed by atoms with Gasteiger partial charge in [-0.3, -0.25) is 0 Å². The van der Waals surface area contributed by atoms with Gasteiger partial charge in [0.05, 0.1) is 12.0 Å². The maximum Gasteiger partial charge on any atom is 0.176 e. The van der Waals surface area contributed by atoms with Gasteiger partial charge in [0.2, 0.25) is 0 Å². The lowest BCUT2D eigenvalue weighted by Crippen LogP contribution is -2.32. The predicted molar refractivity (Wildman–Crippen MR) is 61.0 cm³/mol. The first-order chi connectivity index (χ1) is 7.75. The first-order valence-corrected chi connectivity index (χ1v) is 5.61.